The average molecular weight is 566 g/mol. The zero-order valence-electron chi connectivity index (χ0n) is 19.6. The topological polar surface area (TPSA) is 105 Å². The highest BCUT2D eigenvalue weighted by molar-refractivity contribution is 14.0. The summed E-state index contributed by atoms with van der Waals surface area (Å²) in [7, 11) is 3.46. The highest BCUT2D eigenvalue weighted by atomic mass is 127. The van der Waals surface area contributed by atoms with Gasteiger partial charge in [-0.1, -0.05) is 18.2 Å². The van der Waals surface area contributed by atoms with Crippen LogP contribution >= 0.6 is 24.0 Å². The monoisotopic (exact) mass is 566 g/mol. The van der Waals surface area contributed by atoms with Gasteiger partial charge in [-0.05, 0) is 49.4 Å². The van der Waals surface area contributed by atoms with E-state index in [1.807, 2.05) is 19.2 Å². The van der Waals surface area contributed by atoms with E-state index in [1.54, 1.807) is 14.2 Å². The molecule has 0 unspecified atom stereocenters. The van der Waals surface area contributed by atoms with Gasteiger partial charge >= 0.3 is 0 Å². The molecule has 1 fully saturated rings. The summed E-state index contributed by atoms with van der Waals surface area (Å²) in [5, 5.41) is 6.75. The number of nitrogens with one attached hydrogen (secondary N) is 2. The minimum Gasteiger partial charge on any atom is -0.496 e. The van der Waals surface area contributed by atoms with Crippen LogP contribution in [0.1, 0.15) is 29.5 Å². The first kappa shape index (κ1) is 26.7. The number of primary amides is 1. The lowest BCUT2D eigenvalue weighted by atomic mass is 9.96. The molecule has 4 N–H and O–H groups in total. The molecule has 0 aliphatic carbocycles. The van der Waals surface area contributed by atoms with E-state index in [0.29, 0.717) is 6.54 Å². The predicted octanol–water partition coefficient (Wildman–Crippen LogP) is 2.63. The van der Waals surface area contributed by atoms with E-state index in [-0.39, 0.29) is 35.8 Å². The number of nitrogens with two attached hydrogens (primary N) is 1. The summed E-state index contributed by atoms with van der Waals surface area (Å²) in [5.74, 6) is 2.37. The number of hydrogen-bond acceptors (Lipinski definition) is 5. The third-order valence-corrected chi connectivity index (χ3v) is 5.91. The molecular weight excluding hydrogens is 531 g/mol. The number of guanidine groups is 1. The molecule has 1 aromatic heterocycles. The Morgan fingerprint density at radius 1 is 1.27 bits per heavy atom. The summed E-state index contributed by atoms with van der Waals surface area (Å²) in [6.45, 7) is 4.97. The number of anilines is 1. The molecule has 3 rings (SSSR count). The average Bonchev–Trinajstić information content (AvgIpc) is 2.82. The SMILES string of the molecule is CN=C(NCCc1ccc(C)c(OC)c1)NCc1cccnc1N1CCC(C(N)=O)CC1.I. The molecule has 1 amide bonds. The number of carbonyl (C=O) groups excluding carboxylic acids is 1. The van der Waals surface area contributed by atoms with Crippen molar-refractivity contribution >= 4 is 41.7 Å². The lowest BCUT2D eigenvalue weighted by molar-refractivity contribution is -0.122. The fraction of sp³-hybridized carbons (Fsp3) is 0.458. The molecule has 8 nitrogen and oxygen atoms in total. The largest absolute Gasteiger partial charge is 0.496 e. The zero-order chi connectivity index (χ0) is 22.9. The number of hydrogen-bond donors (Lipinski definition) is 3. The van der Waals surface area contributed by atoms with Crippen LogP contribution in [0.25, 0.3) is 0 Å². The second kappa shape index (κ2) is 13.2. The molecule has 0 radical (unpaired) electrons. The maximum atomic E-state index is 11.5. The maximum absolute atomic E-state index is 11.5. The third kappa shape index (κ3) is 7.48. The minimum absolute atomic E-state index is 0. The molecule has 0 atom stereocenters. The van der Waals surface area contributed by atoms with Crippen molar-refractivity contribution in [3.8, 4) is 5.75 Å². The van der Waals surface area contributed by atoms with Gasteiger partial charge in [-0.15, -0.1) is 24.0 Å². The first-order valence-electron chi connectivity index (χ1n) is 11.1. The van der Waals surface area contributed by atoms with Crippen molar-refractivity contribution in [2.45, 2.75) is 32.7 Å². The van der Waals surface area contributed by atoms with E-state index in [9.17, 15) is 4.79 Å². The Kier molecular flexibility index (Phi) is 10.7. The Labute approximate surface area is 213 Å². The lowest BCUT2D eigenvalue weighted by Crippen LogP contribution is -2.40. The van der Waals surface area contributed by atoms with Crippen LogP contribution in [0.5, 0.6) is 5.75 Å². The normalized spacial score (nSPS) is 14.4. The zero-order valence-corrected chi connectivity index (χ0v) is 22.0. The van der Waals surface area contributed by atoms with E-state index in [0.717, 1.165) is 67.6 Å². The number of piperidine rings is 1. The van der Waals surface area contributed by atoms with Gasteiger partial charge in [0.15, 0.2) is 5.96 Å². The molecule has 1 aliphatic heterocycles. The van der Waals surface area contributed by atoms with E-state index in [2.05, 4.69) is 49.8 Å². The van der Waals surface area contributed by atoms with Gasteiger partial charge in [-0.2, -0.15) is 0 Å². The summed E-state index contributed by atoms with van der Waals surface area (Å²) in [4.78, 5) is 22.6. The van der Waals surface area contributed by atoms with Crippen LogP contribution in [-0.4, -0.2) is 50.6 Å². The van der Waals surface area contributed by atoms with E-state index >= 15 is 0 Å². The summed E-state index contributed by atoms with van der Waals surface area (Å²) in [5.41, 5.74) is 8.90. The third-order valence-electron chi connectivity index (χ3n) is 5.91. The number of aryl methyl sites for hydroxylation is 1. The molecule has 1 aromatic carbocycles. The molecule has 33 heavy (non-hydrogen) atoms. The molecule has 0 bridgehead atoms. The molecule has 0 saturated carbocycles. The molecular formula is C24H35IN6O2. The standard InChI is InChI=1S/C24H34N6O2.HI/c1-17-6-7-18(15-21(17)32-3)8-12-28-24(26-2)29-16-20-5-4-11-27-23(20)30-13-9-19(10-14-30)22(25)31;/h4-7,11,15,19H,8-10,12-14,16H2,1-3H3,(H2,25,31)(H2,26,28,29);1H. The fourth-order valence-electron chi connectivity index (χ4n) is 3.97. The fourth-order valence-corrected chi connectivity index (χ4v) is 3.97. The summed E-state index contributed by atoms with van der Waals surface area (Å²) < 4.78 is 5.41. The number of amides is 1. The van der Waals surface area contributed by atoms with Gasteiger partial charge in [0.25, 0.3) is 0 Å². The molecule has 2 aromatic rings. The molecule has 9 heteroatoms. The lowest BCUT2D eigenvalue weighted by Gasteiger charge is -2.32. The van der Waals surface area contributed by atoms with Gasteiger partial charge in [-0.3, -0.25) is 9.79 Å². The number of rotatable bonds is 8. The highest BCUT2D eigenvalue weighted by Gasteiger charge is 2.24. The van der Waals surface area contributed by atoms with Crippen molar-refractivity contribution in [2.24, 2.45) is 16.6 Å². The Bertz CT molecular complexity index is 944. The first-order valence-corrected chi connectivity index (χ1v) is 11.1. The van der Waals surface area contributed by atoms with E-state index in [1.165, 1.54) is 5.56 Å². The number of benzene rings is 1. The van der Waals surface area contributed by atoms with Gasteiger partial charge in [0.1, 0.15) is 11.6 Å². The van der Waals surface area contributed by atoms with Gasteiger partial charge < -0.3 is 26.0 Å². The Morgan fingerprint density at radius 3 is 2.70 bits per heavy atom. The van der Waals surface area contributed by atoms with Crippen molar-refractivity contribution < 1.29 is 9.53 Å². The number of carbonyl (C=O) groups is 1. The summed E-state index contributed by atoms with van der Waals surface area (Å²) in [6, 6.07) is 10.3. The van der Waals surface area contributed by atoms with Crippen molar-refractivity contribution in [3.63, 3.8) is 0 Å². The van der Waals surface area contributed by atoms with Crippen LogP contribution in [0, 0.1) is 12.8 Å². The Balaban J connectivity index is 0.00000385. The number of ether oxygens (including phenoxy) is 1. The predicted molar refractivity (Wildman–Crippen MR) is 143 cm³/mol. The van der Waals surface area contributed by atoms with Gasteiger partial charge in [0.2, 0.25) is 5.91 Å². The maximum Gasteiger partial charge on any atom is 0.220 e. The Hall–Kier alpha value is -2.56. The number of halogens is 1. The number of nitrogens with zero attached hydrogens (tertiary/aromatic N) is 3. The Morgan fingerprint density at radius 2 is 2.03 bits per heavy atom. The van der Waals surface area contributed by atoms with Gasteiger partial charge in [0, 0.05) is 50.9 Å². The summed E-state index contributed by atoms with van der Waals surface area (Å²) in [6.07, 6.45) is 4.21. The van der Waals surface area contributed by atoms with Gasteiger partial charge in [0.05, 0.1) is 7.11 Å². The van der Waals surface area contributed by atoms with Crippen LogP contribution < -0.4 is 26.0 Å². The number of aromatic nitrogens is 1. The van der Waals surface area contributed by atoms with E-state index in [4.69, 9.17) is 10.5 Å². The molecule has 2 heterocycles. The van der Waals surface area contributed by atoms with Gasteiger partial charge in [-0.25, -0.2) is 4.98 Å². The molecule has 1 saturated heterocycles. The first-order chi connectivity index (χ1) is 15.5. The molecule has 1 aliphatic rings. The van der Waals surface area contributed by atoms with Crippen molar-refractivity contribution in [1.29, 1.82) is 0 Å². The second-order valence-corrected chi connectivity index (χ2v) is 8.06. The number of methoxy groups -OCH3 is 1. The highest BCUT2D eigenvalue weighted by Crippen LogP contribution is 2.24. The van der Waals surface area contributed by atoms with Crippen molar-refractivity contribution in [1.82, 2.24) is 15.6 Å². The van der Waals surface area contributed by atoms with E-state index < -0.39 is 0 Å². The summed E-state index contributed by atoms with van der Waals surface area (Å²) >= 11 is 0. The van der Waals surface area contributed by atoms with Crippen LogP contribution in [0.3, 0.4) is 0 Å². The van der Waals surface area contributed by atoms with Crippen molar-refractivity contribution in [3.05, 3.63) is 53.2 Å². The van der Waals surface area contributed by atoms with Crippen LogP contribution in [-0.2, 0) is 17.8 Å². The smallest absolute Gasteiger partial charge is 0.220 e. The van der Waals surface area contributed by atoms with Crippen molar-refractivity contribution in [2.75, 3.05) is 38.7 Å². The quantitative estimate of drug-likeness (QED) is 0.258. The minimum atomic E-state index is -0.202. The van der Waals surface area contributed by atoms with Crippen LogP contribution in [0.2, 0.25) is 0 Å². The van der Waals surface area contributed by atoms with Crippen LogP contribution in [0.15, 0.2) is 41.5 Å². The number of aliphatic imine (C=N–C) groups is 1. The number of pyridine rings is 1. The molecule has 180 valence electrons. The van der Waals surface area contributed by atoms with Crippen LogP contribution in [0.4, 0.5) is 5.82 Å². The second-order valence-electron chi connectivity index (χ2n) is 8.06. The molecule has 0 spiro atoms.